The lowest BCUT2D eigenvalue weighted by Crippen LogP contribution is -2.26. The van der Waals surface area contributed by atoms with Crippen LogP contribution in [0.2, 0.25) is 0 Å². The summed E-state index contributed by atoms with van der Waals surface area (Å²) in [7, 11) is 0. The molecule has 0 aromatic carbocycles. The lowest BCUT2D eigenvalue weighted by atomic mass is 10.2. The number of nitrogens with zero attached hydrogens (tertiary/aromatic N) is 2. The van der Waals surface area contributed by atoms with Gasteiger partial charge in [0, 0.05) is 24.3 Å². The number of aromatic nitrogens is 1. The highest BCUT2D eigenvalue weighted by atomic mass is 16.1. The molecule has 0 aliphatic heterocycles. The van der Waals surface area contributed by atoms with Gasteiger partial charge in [-0.15, -0.1) is 0 Å². The van der Waals surface area contributed by atoms with Crippen LogP contribution in [0.25, 0.3) is 0 Å². The number of pyridine rings is 1. The molecule has 0 spiro atoms. The van der Waals surface area contributed by atoms with Gasteiger partial charge in [-0.2, -0.15) is 0 Å². The van der Waals surface area contributed by atoms with Gasteiger partial charge in [0.15, 0.2) is 6.29 Å². The number of carbonyl (C=O) groups is 1. The largest absolute Gasteiger partial charge is 0.354 e. The molecule has 0 amide bonds. The summed E-state index contributed by atoms with van der Waals surface area (Å²) in [6, 6.07) is 2.57. The second-order valence-corrected chi connectivity index (χ2v) is 4.04. The molecule has 0 N–H and O–H groups in total. The number of aldehydes is 1. The predicted octanol–water partition coefficient (Wildman–Crippen LogP) is 2.19. The Kier molecular flexibility index (Phi) is 2.71. The van der Waals surface area contributed by atoms with Crippen LogP contribution in [0.3, 0.4) is 0 Å². The highest BCUT2D eigenvalue weighted by Gasteiger charge is 2.29. The van der Waals surface area contributed by atoms with Crippen LogP contribution in [-0.4, -0.2) is 23.9 Å². The molecule has 0 atom stereocenters. The second kappa shape index (κ2) is 4.01. The molecule has 1 heterocycles. The van der Waals surface area contributed by atoms with Crippen molar-refractivity contribution in [2.75, 3.05) is 11.4 Å². The van der Waals surface area contributed by atoms with Crippen molar-refractivity contribution >= 4 is 12.1 Å². The molecule has 0 radical (unpaired) electrons. The van der Waals surface area contributed by atoms with Crippen molar-refractivity contribution < 1.29 is 4.79 Å². The summed E-state index contributed by atoms with van der Waals surface area (Å²) in [4.78, 5) is 17.3. The van der Waals surface area contributed by atoms with Crippen LogP contribution >= 0.6 is 0 Å². The topological polar surface area (TPSA) is 33.2 Å². The number of anilines is 1. The van der Waals surface area contributed by atoms with E-state index >= 15 is 0 Å². The molecule has 0 unspecified atom stereocenters. The first kappa shape index (κ1) is 10.1. The minimum atomic E-state index is 0.656. The zero-order valence-electron chi connectivity index (χ0n) is 9.23. The Morgan fingerprint density at radius 2 is 2.33 bits per heavy atom. The average Bonchev–Trinajstić information content (AvgIpc) is 3.05. The third-order valence-electron chi connectivity index (χ3n) is 2.81. The molecule has 1 aromatic heterocycles. The van der Waals surface area contributed by atoms with E-state index in [1.165, 1.54) is 12.8 Å². The average molecular weight is 204 g/mol. The van der Waals surface area contributed by atoms with Crippen LogP contribution in [0.1, 0.15) is 35.7 Å². The van der Waals surface area contributed by atoms with Gasteiger partial charge in [0.25, 0.3) is 0 Å². The van der Waals surface area contributed by atoms with Crippen molar-refractivity contribution in [3.8, 4) is 0 Å². The summed E-state index contributed by atoms with van der Waals surface area (Å²) < 4.78 is 0. The number of rotatable bonds is 4. The van der Waals surface area contributed by atoms with Crippen molar-refractivity contribution in [3.63, 3.8) is 0 Å². The molecule has 1 aliphatic carbocycles. The number of aryl methyl sites for hydroxylation is 1. The Hall–Kier alpha value is -1.38. The van der Waals surface area contributed by atoms with Gasteiger partial charge in [-0.3, -0.25) is 4.79 Å². The van der Waals surface area contributed by atoms with Gasteiger partial charge in [-0.1, -0.05) is 0 Å². The van der Waals surface area contributed by atoms with Gasteiger partial charge in [0.2, 0.25) is 0 Å². The van der Waals surface area contributed by atoms with Crippen molar-refractivity contribution in [1.29, 1.82) is 0 Å². The van der Waals surface area contributed by atoms with E-state index in [4.69, 9.17) is 0 Å². The normalized spacial score (nSPS) is 15.1. The Labute approximate surface area is 90.1 Å². The molecule has 1 saturated carbocycles. The van der Waals surface area contributed by atoms with Gasteiger partial charge in [0.05, 0.1) is 0 Å². The first-order valence-corrected chi connectivity index (χ1v) is 5.44. The summed E-state index contributed by atoms with van der Waals surface area (Å²) in [6.07, 6.45) is 5.03. The Bertz CT molecular complexity index is 372. The minimum absolute atomic E-state index is 0.656. The zero-order chi connectivity index (χ0) is 10.8. The maximum Gasteiger partial charge on any atom is 0.151 e. The van der Waals surface area contributed by atoms with Crippen LogP contribution in [-0.2, 0) is 0 Å². The second-order valence-electron chi connectivity index (χ2n) is 4.04. The summed E-state index contributed by atoms with van der Waals surface area (Å²) in [5, 5.41) is 0. The molecular weight excluding hydrogens is 188 g/mol. The predicted molar refractivity (Wildman–Crippen MR) is 60.4 cm³/mol. The standard InChI is InChI=1S/C12H16N2O/c1-3-14(11-4-5-11)12-9(2)6-10(8-15)7-13-12/h6-8,11H,3-5H2,1-2H3. The molecule has 2 rings (SSSR count). The molecule has 1 fully saturated rings. The summed E-state index contributed by atoms with van der Waals surface area (Å²) in [5.74, 6) is 1.03. The maximum atomic E-state index is 10.6. The maximum absolute atomic E-state index is 10.6. The van der Waals surface area contributed by atoms with Crippen molar-refractivity contribution in [2.45, 2.75) is 32.7 Å². The van der Waals surface area contributed by atoms with Gasteiger partial charge in [0.1, 0.15) is 5.82 Å². The van der Waals surface area contributed by atoms with Gasteiger partial charge >= 0.3 is 0 Å². The van der Waals surface area contributed by atoms with Crippen LogP contribution in [0.5, 0.6) is 0 Å². The lowest BCUT2D eigenvalue weighted by Gasteiger charge is -2.23. The highest BCUT2D eigenvalue weighted by Crippen LogP contribution is 2.31. The fraction of sp³-hybridized carbons (Fsp3) is 0.500. The smallest absolute Gasteiger partial charge is 0.151 e. The molecule has 1 aromatic rings. The molecule has 0 bridgehead atoms. The first-order valence-electron chi connectivity index (χ1n) is 5.44. The van der Waals surface area contributed by atoms with E-state index in [2.05, 4.69) is 16.8 Å². The molecule has 80 valence electrons. The SMILES string of the molecule is CCN(c1ncc(C=O)cc1C)C1CC1. The molecular formula is C12H16N2O. The van der Waals surface area contributed by atoms with Crippen LogP contribution in [0.15, 0.2) is 12.3 Å². The first-order chi connectivity index (χ1) is 7.26. The lowest BCUT2D eigenvalue weighted by molar-refractivity contribution is 0.112. The third-order valence-corrected chi connectivity index (χ3v) is 2.81. The molecule has 15 heavy (non-hydrogen) atoms. The fourth-order valence-corrected chi connectivity index (χ4v) is 1.92. The highest BCUT2D eigenvalue weighted by molar-refractivity contribution is 5.75. The van der Waals surface area contributed by atoms with Gasteiger partial charge < -0.3 is 4.90 Å². The van der Waals surface area contributed by atoms with E-state index in [1.54, 1.807) is 6.20 Å². The monoisotopic (exact) mass is 204 g/mol. The van der Waals surface area contributed by atoms with E-state index in [1.807, 2.05) is 13.0 Å². The van der Waals surface area contributed by atoms with E-state index in [0.29, 0.717) is 11.6 Å². The summed E-state index contributed by atoms with van der Waals surface area (Å²) in [5.41, 5.74) is 1.75. The van der Waals surface area contributed by atoms with E-state index in [0.717, 1.165) is 24.2 Å². The van der Waals surface area contributed by atoms with Crippen molar-refractivity contribution in [1.82, 2.24) is 4.98 Å². The third kappa shape index (κ3) is 2.01. The number of carbonyl (C=O) groups excluding carboxylic acids is 1. The van der Waals surface area contributed by atoms with Crippen molar-refractivity contribution in [2.24, 2.45) is 0 Å². The van der Waals surface area contributed by atoms with Crippen molar-refractivity contribution in [3.05, 3.63) is 23.4 Å². The fourth-order valence-electron chi connectivity index (χ4n) is 1.92. The van der Waals surface area contributed by atoms with Crippen LogP contribution in [0.4, 0.5) is 5.82 Å². The zero-order valence-corrected chi connectivity index (χ0v) is 9.23. The Morgan fingerprint density at radius 1 is 1.60 bits per heavy atom. The molecule has 1 aliphatic rings. The summed E-state index contributed by atoms with van der Waals surface area (Å²) >= 11 is 0. The van der Waals surface area contributed by atoms with Gasteiger partial charge in [-0.05, 0) is 38.3 Å². The molecule has 3 heteroatoms. The quantitative estimate of drug-likeness (QED) is 0.705. The number of hydrogen-bond donors (Lipinski definition) is 0. The van der Waals surface area contributed by atoms with Crippen LogP contribution < -0.4 is 4.90 Å². The molecule has 3 nitrogen and oxygen atoms in total. The van der Waals surface area contributed by atoms with E-state index in [9.17, 15) is 4.79 Å². The summed E-state index contributed by atoms with van der Waals surface area (Å²) in [6.45, 7) is 5.15. The Balaban J connectivity index is 2.29. The minimum Gasteiger partial charge on any atom is -0.354 e. The number of hydrogen-bond acceptors (Lipinski definition) is 3. The van der Waals surface area contributed by atoms with E-state index in [-0.39, 0.29) is 0 Å². The van der Waals surface area contributed by atoms with Crippen LogP contribution in [0, 0.1) is 6.92 Å². The van der Waals surface area contributed by atoms with E-state index < -0.39 is 0 Å². The Morgan fingerprint density at radius 3 is 2.80 bits per heavy atom. The molecule has 0 saturated heterocycles. The van der Waals surface area contributed by atoms with Gasteiger partial charge in [-0.25, -0.2) is 4.98 Å².